The van der Waals surface area contributed by atoms with Crippen molar-refractivity contribution in [3.05, 3.63) is 76.5 Å². The number of nitrogens with one attached hydrogen (secondary N) is 1. The van der Waals surface area contributed by atoms with Gasteiger partial charge in [-0.3, -0.25) is 15.0 Å². The number of fused-ring (bicyclic) bond motifs is 1. The van der Waals surface area contributed by atoms with Crippen LogP contribution in [-0.4, -0.2) is 26.4 Å². The van der Waals surface area contributed by atoms with Crippen molar-refractivity contribution in [2.75, 3.05) is 5.73 Å². The number of nitrogens with two attached hydrogens (primary N) is 1. The minimum atomic E-state index is 0.473. The summed E-state index contributed by atoms with van der Waals surface area (Å²) in [5.41, 5.74) is 13.9. The standard InChI is InChI=1S/C20H20N6/c1-12-4-3-6-22-16(12)10-25-20-15-8-13(2)26-17(15)11-24-19(20)14-5-7-23-18(21)9-14/h3-9,26H,10-11H2,1-2H3,(H2,21,23). The van der Waals surface area contributed by atoms with Gasteiger partial charge in [-0.15, -0.1) is 0 Å². The molecule has 1 aliphatic rings. The molecule has 0 atom stereocenters. The fourth-order valence-corrected chi connectivity index (χ4v) is 3.16. The van der Waals surface area contributed by atoms with Crippen molar-refractivity contribution in [3.63, 3.8) is 0 Å². The van der Waals surface area contributed by atoms with E-state index in [-0.39, 0.29) is 0 Å². The number of H-pyrrole nitrogens is 1. The number of aryl methyl sites for hydroxylation is 2. The molecule has 0 saturated carbocycles. The van der Waals surface area contributed by atoms with Crippen molar-refractivity contribution in [1.29, 1.82) is 0 Å². The number of anilines is 1. The van der Waals surface area contributed by atoms with E-state index in [4.69, 9.17) is 15.7 Å². The van der Waals surface area contributed by atoms with Gasteiger partial charge < -0.3 is 10.7 Å². The highest BCUT2D eigenvalue weighted by Crippen LogP contribution is 2.23. The maximum Gasteiger partial charge on any atom is 0.123 e. The fourth-order valence-electron chi connectivity index (χ4n) is 3.16. The number of hydrogen-bond acceptors (Lipinski definition) is 5. The second-order valence-electron chi connectivity index (χ2n) is 6.41. The van der Waals surface area contributed by atoms with Crippen LogP contribution in [0.1, 0.15) is 33.8 Å². The third-order valence-corrected chi connectivity index (χ3v) is 4.47. The Morgan fingerprint density at radius 3 is 2.85 bits per heavy atom. The van der Waals surface area contributed by atoms with Crippen LogP contribution in [0.25, 0.3) is 0 Å². The Labute approximate surface area is 152 Å². The summed E-state index contributed by atoms with van der Waals surface area (Å²) in [4.78, 5) is 21.6. The zero-order valence-corrected chi connectivity index (χ0v) is 14.8. The molecule has 6 heteroatoms. The van der Waals surface area contributed by atoms with Crippen LogP contribution in [0.2, 0.25) is 0 Å². The minimum absolute atomic E-state index is 0.473. The molecule has 0 fully saturated rings. The normalized spacial score (nSPS) is 15.0. The molecule has 3 N–H and O–H groups in total. The van der Waals surface area contributed by atoms with E-state index >= 15 is 0 Å². The van der Waals surface area contributed by atoms with Gasteiger partial charge in [-0.25, -0.2) is 4.98 Å². The smallest absolute Gasteiger partial charge is 0.123 e. The number of aromatic amines is 1. The van der Waals surface area contributed by atoms with E-state index in [0.717, 1.165) is 45.2 Å². The van der Waals surface area contributed by atoms with E-state index in [1.807, 2.05) is 38.1 Å². The molecule has 6 nitrogen and oxygen atoms in total. The Kier molecular flexibility index (Phi) is 4.08. The average Bonchev–Trinajstić information content (AvgIpc) is 3.01. The van der Waals surface area contributed by atoms with Gasteiger partial charge in [0.05, 0.1) is 30.2 Å². The first-order valence-electron chi connectivity index (χ1n) is 8.52. The lowest BCUT2D eigenvalue weighted by molar-refractivity contribution is 0.958. The topological polar surface area (TPSA) is 92.3 Å². The molecule has 3 aromatic heterocycles. The number of nitrogens with zero attached hydrogens (tertiary/aromatic N) is 4. The molecule has 1 aliphatic heterocycles. The van der Waals surface area contributed by atoms with E-state index in [1.54, 1.807) is 12.4 Å². The van der Waals surface area contributed by atoms with Crippen molar-refractivity contribution < 1.29 is 0 Å². The summed E-state index contributed by atoms with van der Waals surface area (Å²) in [6.45, 7) is 5.20. The van der Waals surface area contributed by atoms with Crippen LogP contribution >= 0.6 is 0 Å². The fraction of sp³-hybridized carbons (Fsp3) is 0.200. The number of nitrogen functional groups attached to an aromatic ring is 1. The summed E-state index contributed by atoms with van der Waals surface area (Å²) in [6, 6.07) is 9.87. The van der Waals surface area contributed by atoms with Crippen molar-refractivity contribution >= 4 is 17.2 Å². The Balaban J connectivity index is 1.79. The van der Waals surface area contributed by atoms with Gasteiger partial charge in [0.25, 0.3) is 0 Å². The third kappa shape index (κ3) is 3.01. The highest BCUT2D eigenvalue weighted by atomic mass is 14.9. The monoisotopic (exact) mass is 344 g/mol. The number of aliphatic imine (C=N–C) groups is 2. The van der Waals surface area contributed by atoms with Crippen LogP contribution < -0.4 is 5.73 Å². The van der Waals surface area contributed by atoms with Crippen LogP contribution in [-0.2, 0) is 13.1 Å². The minimum Gasteiger partial charge on any atom is -0.384 e. The van der Waals surface area contributed by atoms with E-state index in [0.29, 0.717) is 18.9 Å². The summed E-state index contributed by atoms with van der Waals surface area (Å²) in [7, 11) is 0. The first-order valence-corrected chi connectivity index (χ1v) is 8.52. The zero-order chi connectivity index (χ0) is 18.1. The van der Waals surface area contributed by atoms with Crippen LogP contribution in [0, 0.1) is 13.8 Å². The van der Waals surface area contributed by atoms with Crippen molar-refractivity contribution in [2.45, 2.75) is 26.9 Å². The summed E-state index contributed by atoms with van der Waals surface area (Å²) in [6.07, 6.45) is 3.50. The highest BCUT2D eigenvalue weighted by Gasteiger charge is 2.23. The van der Waals surface area contributed by atoms with Crippen molar-refractivity contribution in [1.82, 2.24) is 15.0 Å². The molecular formula is C20H20N6. The molecule has 0 aromatic carbocycles. The van der Waals surface area contributed by atoms with E-state index in [9.17, 15) is 0 Å². The Hall–Kier alpha value is -3.28. The average molecular weight is 344 g/mol. The maximum atomic E-state index is 5.87. The molecule has 0 bridgehead atoms. The van der Waals surface area contributed by atoms with Gasteiger partial charge >= 0.3 is 0 Å². The van der Waals surface area contributed by atoms with E-state index in [2.05, 4.69) is 21.0 Å². The molecule has 0 amide bonds. The summed E-state index contributed by atoms with van der Waals surface area (Å²) in [5.74, 6) is 0.473. The quantitative estimate of drug-likeness (QED) is 0.765. The Morgan fingerprint density at radius 1 is 1.15 bits per heavy atom. The third-order valence-electron chi connectivity index (χ3n) is 4.47. The van der Waals surface area contributed by atoms with Gasteiger partial charge in [-0.1, -0.05) is 6.07 Å². The number of aromatic nitrogens is 3. The first kappa shape index (κ1) is 16.2. The second kappa shape index (κ2) is 6.55. The Bertz CT molecular complexity index is 1030. The second-order valence-corrected chi connectivity index (χ2v) is 6.41. The molecule has 4 heterocycles. The maximum absolute atomic E-state index is 5.87. The van der Waals surface area contributed by atoms with Crippen LogP contribution in [0.5, 0.6) is 0 Å². The van der Waals surface area contributed by atoms with Gasteiger partial charge in [-0.2, -0.15) is 0 Å². The lowest BCUT2D eigenvalue weighted by Gasteiger charge is -2.16. The molecule has 0 unspecified atom stereocenters. The molecule has 0 saturated heterocycles. The summed E-state index contributed by atoms with van der Waals surface area (Å²) >= 11 is 0. The molecule has 0 aliphatic carbocycles. The largest absolute Gasteiger partial charge is 0.384 e. The molecule has 0 spiro atoms. The Morgan fingerprint density at radius 2 is 2.04 bits per heavy atom. The molecule has 0 radical (unpaired) electrons. The van der Waals surface area contributed by atoms with Gasteiger partial charge in [0, 0.05) is 34.9 Å². The van der Waals surface area contributed by atoms with E-state index < -0.39 is 0 Å². The van der Waals surface area contributed by atoms with Crippen LogP contribution in [0.4, 0.5) is 5.82 Å². The van der Waals surface area contributed by atoms with Crippen molar-refractivity contribution in [3.8, 4) is 0 Å². The van der Waals surface area contributed by atoms with Crippen LogP contribution in [0.15, 0.2) is 52.7 Å². The first-order chi connectivity index (χ1) is 12.6. The number of pyridine rings is 2. The predicted octanol–water partition coefficient (Wildman–Crippen LogP) is 3.00. The molecule has 3 aromatic rings. The lowest BCUT2D eigenvalue weighted by Crippen LogP contribution is -2.23. The van der Waals surface area contributed by atoms with Crippen molar-refractivity contribution in [2.24, 2.45) is 9.98 Å². The summed E-state index contributed by atoms with van der Waals surface area (Å²) in [5, 5.41) is 0. The zero-order valence-electron chi connectivity index (χ0n) is 14.8. The van der Waals surface area contributed by atoms with Gasteiger partial charge in [0.1, 0.15) is 5.82 Å². The number of hydrogen-bond donors (Lipinski definition) is 2. The van der Waals surface area contributed by atoms with Gasteiger partial charge in [0.2, 0.25) is 0 Å². The predicted molar refractivity (Wildman–Crippen MR) is 104 cm³/mol. The molecule has 26 heavy (non-hydrogen) atoms. The van der Waals surface area contributed by atoms with Gasteiger partial charge in [0.15, 0.2) is 0 Å². The molecule has 130 valence electrons. The highest BCUT2D eigenvalue weighted by molar-refractivity contribution is 6.54. The molecular weight excluding hydrogens is 324 g/mol. The summed E-state index contributed by atoms with van der Waals surface area (Å²) < 4.78 is 0. The number of rotatable bonds is 3. The van der Waals surface area contributed by atoms with Gasteiger partial charge in [-0.05, 0) is 43.7 Å². The van der Waals surface area contributed by atoms with Crippen LogP contribution in [0.3, 0.4) is 0 Å². The van der Waals surface area contributed by atoms with E-state index in [1.165, 1.54) is 0 Å². The SMILES string of the molecule is Cc1cc2c([nH]1)CN=C(c1ccnc(N)c1)C2=NCc1ncccc1C. The lowest BCUT2D eigenvalue weighted by atomic mass is 9.97. The molecule has 4 rings (SSSR count).